The van der Waals surface area contributed by atoms with Crippen LogP contribution in [0, 0.1) is 5.92 Å². The maximum Gasteiger partial charge on any atom is 0.255 e. The number of benzene rings is 1. The summed E-state index contributed by atoms with van der Waals surface area (Å²) in [5.41, 5.74) is 1.59. The lowest BCUT2D eigenvalue weighted by Gasteiger charge is -2.30. The fourth-order valence-electron chi connectivity index (χ4n) is 2.86. The van der Waals surface area contributed by atoms with Gasteiger partial charge in [-0.3, -0.25) is 14.6 Å². The first-order chi connectivity index (χ1) is 11.6. The van der Waals surface area contributed by atoms with Crippen molar-refractivity contribution in [3.63, 3.8) is 0 Å². The Balaban J connectivity index is 1.78. The number of aromatic nitrogens is 1. The molecule has 0 atom stereocenters. The van der Waals surface area contributed by atoms with E-state index in [0.29, 0.717) is 22.7 Å². The molecule has 1 saturated heterocycles. The van der Waals surface area contributed by atoms with E-state index in [2.05, 4.69) is 17.2 Å². The van der Waals surface area contributed by atoms with Crippen molar-refractivity contribution in [1.82, 2.24) is 9.88 Å². The van der Waals surface area contributed by atoms with Gasteiger partial charge in [0.1, 0.15) is 0 Å². The van der Waals surface area contributed by atoms with E-state index in [1.807, 2.05) is 17.0 Å². The third-order valence-electron chi connectivity index (χ3n) is 4.42. The Hall–Kier alpha value is -2.69. The van der Waals surface area contributed by atoms with Crippen LogP contribution in [0.4, 0.5) is 5.69 Å². The van der Waals surface area contributed by atoms with E-state index < -0.39 is 0 Å². The largest absolute Gasteiger partial charge is 0.339 e. The zero-order valence-electron chi connectivity index (χ0n) is 13.7. The second-order valence-corrected chi connectivity index (χ2v) is 6.21. The molecule has 1 aliphatic rings. The quantitative estimate of drug-likeness (QED) is 0.943. The minimum absolute atomic E-state index is 0.0208. The maximum absolute atomic E-state index is 12.8. The number of carbonyl (C=O) groups is 2. The van der Waals surface area contributed by atoms with Crippen LogP contribution < -0.4 is 5.32 Å². The summed E-state index contributed by atoms with van der Waals surface area (Å²) in [6.07, 6.45) is 5.19. The Morgan fingerprint density at radius 1 is 1.08 bits per heavy atom. The standard InChI is InChI=1S/C19H21N3O2/c1-14-8-12-22(13-9-14)19(24)16-4-2-3-5-17(16)21-18(23)15-6-10-20-11-7-15/h2-7,10-11,14H,8-9,12-13H2,1H3,(H,21,23). The molecule has 0 aliphatic carbocycles. The molecule has 2 amide bonds. The van der Waals surface area contributed by atoms with Gasteiger partial charge < -0.3 is 10.2 Å². The van der Waals surface area contributed by atoms with Crippen LogP contribution in [-0.2, 0) is 0 Å². The number of amides is 2. The number of carbonyl (C=O) groups excluding carboxylic acids is 2. The molecule has 124 valence electrons. The van der Waals surface area contributed by atoms with Gasteiger partial charge in [0.05, 0.1) is 11.3 Å². The number of nitrogens with zero attached hydrogens (tertiary/aromatic N) is 2. The van der Waals surface area contributed by atoms with E-state index in [1.54, 1.807) is 36.7 Å². The summed E-state index contributed by atoms with van der Waals surface area (Å²) in [6, 6.07) is 10.5. The molecule has 24 heavy (non-hydrogen) atoms. The van der Waals surface area contributed by atoms with Crippen LogP contribution in [0.15, 0.2) is 48.8 Å². The molecule has 1 aromatic carbocycles. The molecule has 0 unspecified atom stereocenters. The van der Waals surface area contributed by atoms with Crippen molar-refractivity contribution >= 4 is 17.5 Å². The van der Waals surface area contributed by atoms with Gasteiger partial charge in [-0.1, -0.05) is 19.1 Å². The molecule has 2 heterocycles. The molecule has 5 nitrogen and oxygen atoms in total. The average Bonchev–Trinajstić information content (AvgIpc) is 2.63. The molecule has 2 aromatic rings. The summed E-state index contributed by atoms with van der Waals surface area (Å²) < 4.78 is 0. The highest BCUT2D eigenvalue weighted by Crippen LogP contribution is 2.22. The molecule has 1 aliphatic heterocycles. The number of anilines is 1. The van der Waals surface area contributed by atoms with Gasteiger partial charge in [-0.05, 0) is 43.0 Å². The van der Waals surface area contributed by atoms with Crippen molar-refractivity contribution < 1.29 is 9.59 Å². The molecule has 1 N–H and O–H groups in total. The minimum Gasteiger partial charge on any atom is -0.339 e. The van der Waals surface area contributed by atoms with Gasteiger partial charge in [0, 0.05) is 31.0 Å². The Morgan fingerprint density at radius 2 is 1.75 bits per heavy atom. The third-order valence-corrected chi connectivity index (χ3v) is 4.42. The highest BCUT2D eigenvalue weighted by molar-refractivity contribution is 6.08. The lowest BCUT2D eigenvalue weighted by molar-refractivity contribution is 0.0698. The molecule has 0 spiro atoms. The maximum atomic E-state index is 12.8. The number of hydrogen-bond donors (Lipinski definition) is 1. The van der Waals surface area contributed by atoms with Gasteiger partial charge in [-0.15, -0.1) is 0 Å². The first-order valence-corrected chi connectivity index (χ1v) is 8.25. The van der Waals surface area contributed by atoms with Gasteiger partial charge in [0.15, 0.2) is 0 Å². The molecule has 3 rings (SSSR count). The van der Waals surface area contributed by atoms with Crippen LogP contribution in [0.5, 0.6) is 0 Å². The first kappa shape index (κ1) is 16.2. The summed E-state index contributed by atoms with van der Waals surface area (Å²) in [7, 11) is 0. The van der Waals surface area contributed by atoms with Gasteiger partial charge >= 0.3 is 0 Å². The third kappa shape index (κ3) is 3.62. The monoisotopic (exact) mass is 323 g/mol. The summed E-state index contributed by atoms with van der Waals surface area (Å²) in [6.45, 7) is 3.75. The molecule has 0 radical (unpaired) electrons. The lowest BCUT2D eigenvalue weighted by atomic mass is 9.98. The Morgan fingerprint density at radius 3 is 2.46 bits per heavy atom. The van der Waals surface area contributed by atoms with Crippen molar-refractivity contribution in [1.29, 1.82) is 0 Å². The van der Waals surface area contributed by atoms with Crippen LogP contribution in [0.25, 0.3) is 0 Å². The second kappa shape index (κ2) is 7.25. The fraction of sp³-hybridized carbons (Fsp3) is 0.316. The van der Waals surface area contributed by atoms with Crippen molar-refractivity contribution in [2.75, 3.05) is 18.4 Å². The van der Waals surface area contributed by atoms with Gasteiger partial charge in [-0.2, -0.15) is 0 Å². The van der Waals surface area contributed by atoms with Crippen LogP contribution in [0.1, 0.15) is 40.5 Å². The second-order valence-electron chi connectivity index (χ2n) is 6.21. The van der Waals surface area contributed by atoms with Gasteiger partial charge in [-0.25, -0.2) is 0 Å². The lowest BCUT2D eigenvalue weighted by Crippen LogP contribution is -2.38. The fourth-order valence-corrected chi connectivity index (χ4v) is 2.86. The smallest absolute Gasteiger partial charge is 0.255 e. The number of nitrogens with one attached hydrogen (secondary N) is 1. The van der Waals surface area contributed by atoms with Crippen LogP contribution in [-0.4, -0.2) is 34.8 Å². The minimum atomic E-state index is -0.245. The van der Waals surface area contributed by atoms with E-state index in [9.17, 15) is 9.59 Å². The van der Waals surface area contributed by atoms with E-state index in [4.69, 9.17) is 0 Å². The highest BCUT2D eigenvalue weighted by atomic mass is 16.2. The summed E-state index contributed by atoms with van der Waals surface area (Å²) in [5.74, 6) is 0.396. The van der Waals surface area contributed by atoms with Crippen LogP contribution >= 0.6 is 0 Å². The van der Waals surface area contributed by atoms with Crippen molar-refractivity contribution in [3.05, 3.63) is 59.9 Å². The van der Waals surface area contributed by atoms with Crippen molar-refractivity contribution in [2.24, 2.45) is 5.92 Å². The Bertz CT molecular complexity index is 722. The zero-order chi connectivity index (χ0) is 16.9. The number of likely N-dealkylation sites (tertiary alicyclic amines) is 1. The Labute approximate surface area is 141 Å². The molecule has 5 heteroatoms. The van der Waals surface area contributed by atoms with Crippen molar-refractivity contribution in [2.45, 2.75) is 19.8 Å². The molecular weight excluding hydrogens is 302 g/mol. The molecular formula is C19H21N3O2. The van der Waals surface area contributed by atoms with E-state index in [-0.39, 0.29) is 11.8 Å². The van der Waals surface area contributed by atoms with Gasteiger partial charge in [0.25, 0.3) is 11.8 Å². The van der Waals surface area contributed by atoms with E-state index >= 15 is 0 Å². The summed E-state index contributed by atoms with van der Waals surface area (Å²) >= 11 is 0. The SMILES string of the molecule is CC1CCN(C(=O)c2ccccc2NC(=O)c2ccncc2)CC1. The number of piperidine rings is 1. The highest BCUT2D eigenvalue weighted by Gasteiger charge is 2.23. The van der Waals surface area contributed by atoms with Crippen LogP contribution in [0.3, 0.4) is 0 Å². The first-order valence-electron chi connectivity index (χ1n) is 8.25. The van der Waals surface area contributed by atoms with Crippen LogP contribution in [0.2, 0.25) is 0 Å². The summed E-state index contributed by atoms with van der Waals surface area (Å²) in [5, 5.41) is 2.84. The topological polar surface area (TPSA) is 62.3 Å². The number of para-hydroxylation sites is 1. The molecule has 0 saturated carbocycles. The molecule has 0 bridgehead atoms. The molecule has 1 fully saturated rings. The van der Waals surface area contributed by atoms with E-state index in [0.717, 1.165) is 25.9 Å². The number of rotatable bonds is 3. The normalized spacial score (nSPS) is 15.1. The Kier molecular flexibility index (Phi) is 4.89. The van der Waals surface area contributed by atoms with Gasteiger partial charge in [0.2, 0.25) is 0 Å². The molecule has 1 aromatic heterocycles. The number of hydrogen-bond acceptors (Lipinski definition) is 3. The average molecular weight is 323 g/mol. The summed E-state index contributed by atoms with van der Waals surface area (Å²) in [4.78, 5) is 30.9. The van der Waals surface area contributed by atoms with E-state index in [1.165, 1.54) is 0 Å². The zero-order valence-corrected chi connectivity index (χ0v) is 13.7. The number of pyridine rings is 1. The van der Waals surface area contributed by atoms with Crippen molar-refractivity contribution in [3.8, 4) is 0 Å². The predicted octanol–water partition coefficient (Wildman–Crippen LogP) is 3.21. The predicted molar refractivity (Wildman–Crippen MR) is 92.9 cm³/mol.